The Balaban J connectivity index is 1.62. The standard InChI is InChI=1S/C19H16ClF2N3O/c1-12-2-6-14(7-3-12)26-15-8-4-13(5-9-15)11-23-17-10-16(18(21)22)24-19(20)25-17/h2-10,18H,11H2,1H3,(H,23,24,25). The van der Waals surface area contributed by atoms with Gasteiger partial charge in [-0.05, 0) is 48.4 Å². The van der Waals surface area contributed by atoms with Crippen LogP contribution in [0.2, 0.25) is 5.28 Å². The van der Waals surface area contributed by atoms with Gasteiger partial charge in [-0.3, -0.25) is 0 Å². The second-order valence-electron chi connectivity index (χ2n) is 5.66. The van der Waals surface area contributed by atoms with Crippen molar-refractivity contribution in [3.8, 4) is 11.5 Å². The van der Waals surface area contributed by atoms with Crippen LogP contribution in [0.3, 0.4) is 0 Å². The third kappa shape index (κ3) is 4.89. The number of aryl methyl sites for hydroxylation is 1. The minimum Gasteiger partial charge on any atom is -0.457 e. The zero-order valence-electron chi connectivity index (χ0n) is 13.9. The van der Waals surface area contributed by atoms with Crippen LogP contribution in [0.15, 0.2) is 54.6 Å². The van der Waals surface area contributed by atoms with E-state index >= 15 is 0 Å². The van der Waals surface area contributed by atoms with Crippen molar-refractivity contribution >= 4 is 17.4 Å². The number of nitrogens with zero attached hydrogens (tertiary/aromatic N) is 2. The lowest BCUT2D eigenvalue weighted by atomic mass is 10.2. The van der Waals surface area contributed by atoms with Gasteiger partial charge >= 0.3 is 0 Å². The van der Waals surface area contributed by atoms with E-state index < -0.39 is 12.1 Å². The molecule has 0 fully saturated rings. The molecule has 0 bridgehead atoms. The van der Waals surface area contributed by atoms with E-state index in [-0.39, 0.29) is 11.1 Å². The number of anilines is 1. The van der Waals surface area contributed by atoms with Gasteiger partial charge in [0, 0.05) is 12.6 Å². The van der Waals surface area contributed by atoms with E-state index in [0.717, 1.165) is 11.3 Å². The van der Waals surface area contributed by atoms with Crippen molar-refractivity contribution in [1.82, 2.24) is 9.97 Å². The molecule has 4 nitrogen and oxygen atoms in total. The number of halogens is 3. The molecule has 0 saturated heterocycles. The van der Waals surface area contributed by atoms with Crippen molar-refractivity contribution in [2.24, 2.45) is 0 Å². The minimum atomic E-state index is -2.70. The number of aromatic nitrogens is 2. The summed E-state index contributed by atoms with van der Waals surface area (Å²) < 4.78 is 31.3. The Morgan fingerprint density at radius 1 is 1.00 bits per heavy atom. The molecule has 1 aromatic heterocycles. The smallest absolute Gasteiger partial charge is 0.280 e. The molecule has 0 saturated carbocycles. The lowest BCUT2D eigenvalue weighted by Crippen LogP contribution is -2.04. The van der Waals surface area contributed by atoms with Gasteiger partial charge in [-0.1, -0.05) is 29.8 Å². The second kappa shape index (κ2) is 8.10. The second-order valence-corrected chi connectivity index (χ2v) is 6.00. The van der Waals surface area contributed by atoms with E-state index in [2.05, 4.69) is 15.3 Å². The Kier molecular flexibility index (Phi) is 5.63. The number of alkyl halides is 2. The molecule has 2 aromatic carbocycles. The zero-order valence-corrected chi connectivity index (χ0v) is 14.7. The number of ether oxygens (including phenoxy) is 1. The van der Waals surface area contributed by atoms with Gasteiger partial charge in [-0.2, -0.15) is 0 Å². The first-order valence-electron chi connectivity index (χ1n) is 7.89. The molecular formula is C19H16ClF2N3O. The van der Waals surface area contributed by atoms with Crippen LogP contribution >= 0.6 is 11.6 Å². The van der Waals surface area contributed by atoms with Gasteiger partial charge in [-0.25, -0.2) is 18.7 Å². The van der Waals surface area contributed by atoms with Crippen LogP contribution in [0.25, 0.3) is 0 Å². The maximum absolute atomic E-state index is 12.7. The molecule has 3 rings (SSSR count). The SMILES string of the molecule is Cc1ccc(Oc2ccc(CNc3cc(C(F)F)nc(Cl)n3)cc2)cc1. The summed E-state index contributed by atoms with van der Waals surface area (Å²) in [6.45, 7) is 2.42. The Labute approximate surface area is 154 Å². The van der Waals surface area contributed by atoms with Crippen LogP contribution in [0.5, 0.6) is 11.5 Å². The van der Waals surface area contributed by atoms with E-state index in [1.165, 1.54) is 11.6 Å². The van der Waals surface area contributed by atoms with Gasteiger partial charge < -0.3 is 10.1 Å². The third-order valence-corrected chi connectivity index (χ3v) is 3.76. The van der Waals surface area contributed by atoms with Gasteiger partial charge in [0.2, 0.25) is 5.28 Å². The van der Waals surface area contributed by atoms with Crippen molar-refractivity contribution in [3.63, 3.8) is 0 Å². The van der Waals surface area contributed by atoms with Crippen LogP contribution in [-0.4, -0.2) is 9.97 Å². The summed E-state index contributed by atoms with van der Waals surface area (Å²) in [5.41, 5.74) is 1.70. The highest BCUT2D eigenvalue weighted by molar-refractivity contribution is 6.28. The molecule has 0 spiro atoms. The molecule has 0 unspecified atom stereocenters. The number of nitrogens with one attached hydrogen (secondary N) is 1. The molecule has 26 heavy (non-hydrogen) atoms. The first-order valence-corrected chi connectivity index (χ1v) is 8.27. The molecule has 0 atom stereocenters. The summed E-state index contributed by atoms with van der Waals surface area (Å²) in [4.78, 5) is 7.39. The largest absolute Gasteiger partial charge is 0.457 e. The first kappa shape index (κ1) is 18.1. The highest BCUT2D eigenvalue weighted by Gasteiger charge is 2.12. The Morgan fingerprint density at radius 2 is 1.62 bits per heavy atom. The molecule has 1 heterocycles. The Morgan fingerprint density at radius 3 is 2.23 bits per heavy atom. The fourth-order valence-corrected chi connectivity index (χ4v) is 2.44. The lowest BCUT2D eigenvalue weighted by Gasteiger charge is -2.09. The molecule has 0 amide bonds. The fourth-order valence-electron chi connectivity index (χ4n) is 2.25. The molecule has 3 aromatic rings. The van der Waals surface area contributed by atoms with Gasteiger partial charge in [0.1, 0.15) is 23.0 Å². The summed E-state index contributed by atoms with van der Waals surface area (Å²) >= 11 is 5.67. The highest BCUT2D eigenvalue weighted by Crippen LogP contribution is 2.23. The predicted octanol–water partition coefficient (Wildman–Crippen LogP) is 5.78. The molecule has 134 valence electrons. The summed E-state index contributed by atoms with van der Waals surface area (Å²) in [6.07, 6.45) is -2.70. The lowest BCUT2D eigenvalue weighted by molar-refractivity contribution is 0.146. The topological polar surface area (TPSA) is 47.0 Å². The highest BCUT2D eigenvalue weighted by atomic mass is 35.5. The maximum atomic E-state index is 12.7. The van der Waals surface area contributed by atoms with Crippen molar-refractivity contribution in [2.45, 2.75) is 19.9 Å². The number of benzene rings is 2. The van der Waals surface area contributed by atoms with E-state index in [9.17, 15) is 8.78 Å². The quantitative estimate of drug-likeness (QED) is 0.555. The molecule has 0 aliphatic rings. The molecule has 0 radical (unpaired) electrons. The first-order chi connectivity index (χ1) is 12.5. The molecule has 0 aliphatic heterocycles. The summed E-state index contributed by atoms with van der Waals surface area (Å²) in [5.74, 6) is 1.72. The van der Waals surface area contributed by atoms with Crippen LogP contribution in [0.1, 0.15) is 23.2 Å². The van der Waals surface area contributed by atoms with Crippen LogP contribution in [0, 0.1) is 6.92 Å². The average molecular weight is 376 g/mol. The predicted molar refractivity (Wildman–Crippen MR) is 97.0 cm³/mol. The van der Waals surface area contributed by atoms with Crippen LogP contribution < -0.4 is 10.1 Å². The van der Waals surface area contributed by atoms with Crippen molar-refractivity contribution < 1.29 is 13.5 Å². The van der Waals surface area contributed by atoms with Gasteiger partial charge in [0.15, 0.2) is 0 Å². The van der Waals surface area contributed by atoms with Crippen molar-refractivity contribution in [1.29, 1.82) is 0 Å². The van der Waals surface area contributed by atoms with E-state index in [1.807, 2.05) is 55.5 Å². The zero-order chi connectivity index (χ0) is 18.5. The Hall–Kier alpha value is -2.73. The van der Waals surface area contributed by atoms with Gasteiger partial charge in [-0.15, -0.1) is 0 Å². The van der Waals surface area contributed by atoms with Crippen molar-refractivity contribution in [3.05, 3.63) is 76.7 Å². The molecule has 1 N–H and O–H groups in total. The minimum absolute atomic E-state index is 0.216. The molecule has 0 aliphatic carbocycles. The van der Waals surface area contributed by atoms with Crippen LogP contribution in [-0.2, 0) is 6.54 Å². The van der Waals surface area contributed by atoms with E-state index in [4.69, 9.17) is 16.3 Å². The van der Waals surface area contributed by atoms with Crippen molar-refractivity contribution in [2.75, 3.05) is 5.32 Å². The van der Waals surface area contributed by atoms with E-state index in [1.54, 1.807) is 0 Å². The monoisotopic (exact) mass is 375 g/mol. The summed E-state index contributed by atoms with van der Waals surface area (Å²) in [6, 6.07) is 16.4. The molecular weight excluding hydrogens is 360 g/mol. The fraction of sp³-hybridized carbons (Fsp3) is 0.158. The normalized spacial score (nSPS) is 10.8. The number of hydrogen-bond donors (Lipinski definition) is 1. The van der Waals surface area contributed by atoms with Gasteiger partial charge in [0.25, 0.3) is 6.43 Å². The number of hydrogen-bond acceptors (Lipinski definition) is 4. The molecule has 7 heteroatoms. The summed E-state index contributed by atoms with van der Waals surface area (Å²) in [7, 11) is 0. The van der Waals surface area contributed by atoms with Crippen LogP contribution in [0.4, 0.5) is 14.6 Å². The summed E-state index contributed by atoms with van der Waals surface area (Å²) in [5, 5.41) is 2.75. The average Bonchev–Trinajstić information content (AvgIpc) is 2.62. The number of rotatable bonds is 6. The third-order valence-electron chi connectivity index (χ3n) is 3.60. The van der Waals surface area contributed by atoms with Gasteiger partial charge in [0.05, 0.1) is 0 Å². The van der Waals surface area contributed by atoms with E-state index in [0.29, 0.717) is 12.3 Å². The Bertz CT molecular complexity index is 871. The maximum Gasteiger partial charge on any atom is 0.280 e.